The summed E-state index contributed by atoms with van der Waals surface area (Å²) in [5, 5.41) is 19.5. The standard InChI is InChI=1S/C25H20Cl2N4O5/c1-15-10-20(4-5-22(15)27)35-14-30-8-7-23(29-30)25(32)28-18-11-19(31(33)34)13-21(12-18)36-24-6-3-17(26)9-16(24)2/h3-13H,14H2,1-2H3,(H,28,32). The average molecular weight is 527 g/mol. The molecule has 9 nitrogen and oxygen atoms in total. The van der Waals surface area contributed by atoms with Crippen LogP contribution in [0.25, 0.3) is 0 Å². The minimum absolute atomic E-state index is 0.0730. The number of aryl methyl sites for hydroxylation is 2. The second-order valence-corrected chi connectivity index (χ2v) is 8.71. The summed E-state index contributed by atoms with van der Waals surface area (Å²) < 4.78 is 12.9. The molecule has 36 heavy (non-hydrogen) atoms. The van der Waals surface area contributed by atoms with Crippen LogP contribution in [0.4, 0.5) is 11.4 Å². The van der Waals surface area contributed by atoms with Gasteiger partial charge in [0.15, 0.2) is 12.4 Å². The lowest BCUT2D eigenvalue weighted by Crippen LogP contribution is -2.14. The van der Waals surface area contributed by atoms with E-state index in [1.54, 1.807) is 49.5 Å². The Morgan fingerprint density at radius 3 is 2.56 bits per heavy atom. The number of non-ortho nitro benzene ring substituents is 1. The van der Waals surface area contributed by atoms with Crippen molar-refractivity contribution in [3.05, 3.63) is 104 Å². The van der Waals surface area contributed by atoms with Crippen molar-refractivity contribution >= 4 is 40.5 Å². The number of hydrogen-bond donors (Lipinski definition) is 1. The van der Waals surface area contributed by atoms with Gasteiger partial charge in [-0.05, 0) is 67.4 Å². The molecule has 0 aliphatic carbocycles. The number of nitro benzene ring substituents is 1. The average Bonchev–Trinajstić information content (AvgIpc) is 3.31. The molecule has 0 aliphatic rings. The van der Waals surface area contributed by atoms with Crippen LogP contribution in [-0.2, 0) is 6.73 Å². The number of anilines is 1. The molecule has 4 aromatic rings. The van der Waals surface area contributed by atoms with Gasteiger partial charge in [0.05, 0.1) is 16.7 Å². The Hall–Kier alpha value is -4.08. The molecule has 0 bridgehead atoms. The topological polar surface area (TPSA) is 109 Å². The van der Waals surface area contributed by atoms with Crippen LogP contribution in [0.1, 0.15) is 21.6 Å². The normalized spacial score (nSPS) is 10.7. The van der Waals surface area contributed by atoms with Crippen LogP contribution in [0.5, 0.6) is 17.2 Å². The third-order valence-corrected chi connectivity index (χ3v) is 5.75. The van der Waals surface area contributed by atoms with Gasteiger partial charge < -0.3 is 14.8 Å². The molecule has 0 radical (unpaired) electrons. The summed E-state index contributed by atoms with van der Waals surface area (Å²) in [6, 6.07) is 15.8. The van der Waals surface area contributed by atoms with Crippen molar-refractivity contribution in [3.63, 3.8) is 0 Å². The van der Waals surface area contributed by atoms with E-state index in [4.69, 9.17) is 32.7 Å². The molecule has 0 spiro atoms. The molecule has 0 saturated heterocycles. The van der Waals surface area contributed by atoms with Gasteiger partial charge in [0, 0.05) is 28.4 Å². The third kappa shape index (κ3) is 6.12. The first-order valence-corrected chi connectivity index (χ1v) is 11.4. The molecule has 1 aromatic heterocycles. The number of carbonyl (C=O) groups is 1. The summed E-state index contributed by atoms with van der Waals surface area (Å²) in [4.78, 5) is 23.6. The van der Waals surface area contributed by atoms with Crippen molar-refractivity contribution < 1.29 is 19.2 Å². The zero-order valence-electron chi connectivity index (χ0n) is 19.2. The van der Waals surface area contributed by atoms with E-state index < -0.39 is 10.8 Å². The summed E-state index contributed by atoms with van der Waals surface area (Å²) in [5.74, 6) is 0.720. The van der Waals surface area contributed by atoms with E-state index >= 15 is 0 Å². The lowest BCUT2D eigenvalue weighted by molar-refractivity contribution is -0.384. The largest absolute Gasteiger partial charge is 0.471 e. The number of aromatic nitrogens is 2. The summed E-state index contributed by atoms with van der Waals surface area (Å²) in [7, 11) is 0. The first-order chi connectivity index (χ1) is 17.2. The van der Waals surface area contributed by atoms with Crippen LogP contribution >= 0.6 is 23.2 Å². The van der Waals surface area contributed by atoms with Gasteiger partial charge in [-0.15, -0.1) is 0 Å². The first kappa shape index (κ1) is 25.0. The van der Waals surface area contributed by atoms with Crippen LogP contribution in [0.3, 0.4) is 0 Å². The molecular formula is C25H20Cl2N4O5. The van der Waals surface area contributed by atoms with Crippen molar-refractivity contribution in [1.29, 1.82) is 0 Å². The van der Waals surface area contributed by atoms with Gasteiger partial charge in [0.2, 0.25) is 0 Å². The monoisotopic (exact) mass is 526 g/mol. The predicted octanol–water partition coefficient (Wildman–Crippen LogP) is 6.80. The van der Waals surface area contributed by atoms with Crippen LogP contribution in [0.2, 0.25) is 10.0 Å². The fourth-order valence-corrected chi connectivity index (χ4v) is 3.62. The Labute approximate surface area is 216 Å². The highest BCUT2D eigenvalue weighted by Crippen LogP contribution is 2.32. The number of ether oxygens (including phenoxy) is 2. The first-order valence-electron chi connectivity index (χ1n) is 10.7. The molecular weight excluding hydrogens is 507 g/mol. The number of benzene rings is 3. The van der Waals surface area contributed by atoms with E-state index in [9.17, 15) is 14.9 Å². The van der Waals surface area contributed by atoms with Gasteiger partial charge in [-0.3, -0.25) is 14.9 Å². The number of nitrogens with zero attached hydrogens (tertiary/aromatic N) is 3. The van der Waals surface area contributed by atoms with Gasteiger partial charge in [0.25, 0.3) is 11.6 Å². The molecule has 11 heteroatoms. The Morgan fingerprint density at radius 2 is 1.83 bits per heavy atom. The van der Waals surface area contributed by atoms with E-state index in [1.807, 2.05) is 6.92 Å². The molecule has 0 atom stereocenters. The van der Waals surface area contributed by atoms with Crippen molar-refractivity contribution in [2.45, 2.75) is 20.6 Å². The van der Waals surface area contributed by atoms with Gasteiger partial charge in [-0.1, -0.05) is 23.2 Å². The zero-order valence-corrected chi connectivity index (χ0v) is 20.7. The molecule has 3 aromatic carbocycles. The summed E-state index contributed by atoms with van der Waals surface area (Å²) in [6.45, 7) is 3.74. The smallest absolute Gasteiger partial charge is 0.276 e. The van der Waals surface area contributed by atoms with Crippen molar-refractivity contribution in [2.24, 2.45) is 0 Å². The van der Waals surface area contributed by atoms with Crippen molar-refractivity contribution in [3.8, 4) is 17.2 Å². The number of amides is 1. The Kier molecular flexibility index (Phi) is 7.42. The lowest BCUT2D eigenvalue weighted by atomic mass is 10.2. The summed E-state index contributed by atoms with van der Waals surface area (Å²) in [6.07, 6.45) is 1.59. The third-order valence-electron chi connectivity index (χ3n) is 5.09. The van der Waals surface area contributed by atoms with Gasteiger partial charge >= 0.3 is 0 Å². The van der Waals surface area contributed by atoms with Gasteiger partial charge in [-0.25, -0.2) is 4.68 Å². The Morgan fingerprint density at radius 1 is 1.03 bits per heavy atom. The predicted molar refractivity (Wildman–Crippen MR) is 136 cm³/mol. The van der Waals surface area contributed by atoms with E-state index in [0.29, 0.717) is 21.5 Å². The molecule has 1 heterocycles. The Balaban J connectivity index is 1.47. The van der Waals surface area contributed by atoms with Crippen molar-refractivity contribution in [2.75, 3.05) is 5.32 Å². The second kappa shape index (κ2) is 10.7. The number of halogens is 2. The number of nitro groups is 1. The van der Waals surface area contributed by atoms with E-state index in [1.165, 1.54) is 28.9 Å². The van der Waals surface area contributed by atoms with Gasteiger partial charge in [0.1, 0.15) is 17.2 Å². The maximum atomic E-state index is 12.8. The molecule has 0 saturated carbocycles. The SMILES string of the molecule is Cc1cc(OCn2ccc(C(=O)Nc3cc(Oc4ccc(Cl)cc4C)cc([N+](=O)[O-])c3)n2)ccc1Cl. The number of hydrogen-bond acceptors (Lipinski definition) is 6. The highest BCUT2D eigenvalue weighted by Gasteiger charge is 2.16. The highest BCUT2D eigenvalue weighted by molar-refractivity contribution is 6.31. The molecule has 0 fully saturated rings. The molecule has 4 rings (SSSR count). The number of rotatable bonds is 8. The second-order valence-electron chi connectivity index (χ2n) is 7.86. The fraction of sp³-hybridized carbons (Fsp3) is 0.120. The quantitative estimate of drug-likeness (QED) is 0.200. The Bertz CT molecular complexity index is 1450. The fourth-order valence-electron chi connectivity index (χ4n) is 3.27. The molecule has 184 valence electrons. The van der Waals surface area contributed by atoms with E-state index in [-0.39, 0.29) is 29.5 Å². The number of carbonyl (C=O) groups excluding carboxylic acids is 1. The number of nitrogens with one attached hydrogen (secondary N) is 1. The molecule has 1 amide bonds. The minimum atomic E-state index is -0.568. The van der Waals surface area contributed by atoms with Crippen molar-refractivity contribution in [1.82, 2.24) is 9.78 Å². The zero-order chi connectivity index (χ0) is 25.8. The van der Waals surface area contributed by atoms with E-state index in [0.717, 1.165) is 11.1 Å². The minimum Gasteiger partial charge on any atom is -0.471 e. The summed E-state index contributed by atoms with van der Waals surface area (Å²) in [5.41, 5.74) is 1.67. The maximum Gasteiger partial charge on any atom is 0.276 e. The van der Waals surface area contributed by atoms with Crippen LogP contribution in [-0.4, -0.2) is 20.6 Å². The van der Waals surface area contributed by atoms with Crippen LogP contribution < -0.4 is 14.8 Å². The molecule has 0 unspecified atom stereocenters. The highest BCUT2D eigenvalue weighted by atomic mass is 35.5. The van der Waals surface area contributed by atoms with Crippen LogP contribution in [0.15, 0.2) is 66.9 Å². The van der Waals surface area contributed by atoms with Crippen LogP contribution in [0, 0.1) is 24.0 Å². The van der Waals surface area contributed by atoms with E-state index in [2.05, 4.69) is 10.4 Å². The lowest BCUT2D eigenvalue weighted by Gasteiger charge is -2.11. The van der Waals surface area contributed by atoms with Gasteiger partial charge in [-0.2, -0.15) is 5.10 Å². The maximum absolute atomic E-state index is 12.8. The molecule has 1 N–H and O–H groups in total. The summed E-state index contributed by atoms with van der Waals surface area (Å²) >= 11 is 12.0. The molecule has 0 aliphatic heterocycles.